The van der Waals surface area contributed by atoms with Gasteiger partial charge in [-0.2, -0.15) is 11.8 Å². The van der Waals surface area contributed by atoms with Gasteiger partial charge in [-0.1, -0.05) is 27.5 Å². The molecule has 17 heavy (non-hydrogen) atoms. The van der Waals surface area contributed by atoms with E-state index < -0.39 is 0 Å². The number of halogens is 2. The third-order valence-corrected chi connectivity index (χ3v) is 4.90. The lowest BCUT2D eigenvalue weighted by Gasteiger charge is -2.20. The lowest BCUT2D eigenvalue weighted by Crippen LogP contribution is -2.14. The van der Waals surface area contributed by atoms with Gasteiger partial charge in [0, 0.05) is 16.5 Å². The van der Waals surface area contributed by atoms with Gasteiger partial charge in [0.2, 0.25) is 0 Å². The average Bonchev–Trinajstić information content (AvgIpc) is 2.30. The summed E-state index contributed by atoms with van der Waals surface area (Å²) in [5.74, 6) is 3.10. The molecule has 1 heterocycles. The quantitative estimate of drug-likeness (QED) is 0.738. The second kappa shape index (κ2) is 6.26. The summed E-state index contributed by atoms with van der Waals surface area (Å²) in [5, 5.41) is 0.551. The fourth-order valence-corrected chi connectivity index (χ4v) is 4.02. The van der Waals surface area contributed by atoms with Crippen LogP contribution in [0.4, 0.5) is 0 Å². The number of Topliss-reactive ketones (excluding diaryl/α,β-unsaturated/α-hetero) is 1. The van der Waals surface area contributed by atoms with Crippen molar-refractivity contribution in [3.05, 3.63) is 33.3 Å². The number of hydrogen-bond acceptors (Lipinski definition) is 2. The molecule has 1 aliphatic heterocycles. The summed E-state index contributed by atoms with van der Waals surface area (Å²) >= 11 is 11.4. The maximum absolute atomic E-state index is 12.1. The Morgan fingerprint density at radius 1 is 1.41 bits per heavy atom. The molecule has 0 unspecified atom stereocenters. The van der Waals surface area contributed by atoms with Crippen molar-refractivity contribution in [2.75, 3.05) is 11.5 Å². The van der Waals surface area contributed by atoms with Crippen molar-refractivity contribution in [2.45, 2.75) is 19.3 Å². The predicted octanol–water partition coefficient (Wildman–Crippen LogP) is 4.82. The van der Waals surface area contributed by atoms with Crippen LogP contribution in [0.5, 0.6) is 0 Å². The van der Waals surface area contributed by atoms with Gasteiger partial charge in [-0.15, -0.1) is 0 Å². The highest BCUT2D eigenvalue weighted by Gasteiger charge is 2.19. The summed E-state index contributed by atoms with van der Waals surface area (Å²) in [7, 11) is 0. The SMILES string of the molecule is O=C(CC1CCSCC1)c1ccc(Br)cc1Cl. The molecule has 0 amide bonds. The molecule has 0 atom stereocenters. The topological polar surface area (TPSA) is 17.1 Å². The normalized spacial score (nSPS) is 17.1. The van der Waals surface area contributed by atoms with Crippen molar-refractivity contribution in [3.8, 4) is 0 Å². The highest BCUT2D eigenvalue weighted by Crippen LogP contribution is 2.28. The van der Waals surface area contributed by atoms with E-state index >= 15 is 0 Å². The largest absolute Gasteiger partial charge is 0.294 e. The van der Waals surface area contributed by atoms with Gasteiger partial charge in [-0.25, -0.2) is 0 Å². The Labute approximate surface area is 119 Å². The Balaban J connectivity index is 2.03. The zero-order chi connectivity index (χ0) is 12.3. The molecule has 1 nitrogen and oxygen atoms in total. The Morgan fingerprint density at radius 3 is 2.76 bits per heavy atom. The summed E-state index contributed by atoms with van der Waals surface area (Å²) in [6.45, 7) is 0. The van der Waals surface area contributed by atoms with Crippen LogP contribution in [0.1, 0.15) is 29.6 Å². The van der Waals surface area contributed by atoms with E-state index in [-0.39, 0.29) is 5.78 Å². The molecule has 0 aromatic heterocycles. The summed E-state index contributed by atoms with van der Waals surface area (Å²) in [6, 6.07) is 5.47. The number of benzene rings is 1. The Bertz CT molecular complexity index is 416. The fourth-order valence-electron chi connectivity index (χ4n) is 2.04. The maximum atomic E-state index is 12.1. The lowest BCUT2D eigenvalue weighted by molar-refractivity contribution is 0.0959. The van der Waals surface area contributed by atoms with Gasteiger partial charge < -0.3 is 0 Å². The van der Waals surface area contributed by atoms with E-state index in [2.05, 4.69) is 15.9 Å². The van der Waals surface area contributed by atoms with E-state index in [0.717, 1.165) is 17.3 Å². The highest BCUT2D eigenvalue weighted by molar-refractivity contribution is 9.10. The smallest absolute Gasteiger partial charge is 0.164 e. The molecule has 1 aromatic carbocycles. The average molecular weight is 334 g/mol. The van der Waals surface area contributed by atoms with Gasteiger partial charge in [0.05, 0.1) is 5.02 Å². The molecule has 0 bridgehead atoms. The van der Waals surface area contributed by atoms with E-state index in [1.165, 1.54) is 11.5 Å². The summed E-state index contributed by atoms with van der Waals surface area (Å²) in [5.41, 5.74) is 0.660. The first kappa shape index (κ1) is 13.4. The first-order valence-electron chi connectivity index (χ1n) is 5.73. The molecule has 92 valence electrons. The van der Waals surface area contributed by atoms with Gasteiger partial charge in [0.1, 0.15) is 0 Å². The Kier molecular flexibility index (Phi) is 4.95. The number of rotatable bonds is 3. The number of carbonyl (C=O) groups excluding carboxylic acids is 1. The summed E-state index contributed by atoms with van der Waals surface area (Å²) in [4.78, 5) is 12.1. The molecule has 1 fully saturated rings. The number of ketones is 1. The van der Waals surface area contributed by atoms with Crippen LogP contribution in [0.2, 0.25) is 5.02 Å². The van der Waals surface area contributed by atoms with Crippen molar-refractivity contribution < 1.29 is 4.79 Å². The predicted molar refractivity (Wildman–Crippen MR) is 78.1 cm³/mol. The minimum absolute atomic E-state index is 0.180. The zero-order valence-corrected chi connectivity index (χ0v) is 12.6. The molecule has 0 N–H and O–H groups in total. The van der Waals surface area contributed by atoms with Crippen LogP contribution in [0.25, 0.3) is 0 Å². The molecular weight excluding hydrogens is 320 g/mol. The van der Waals surface area contributed by atoms with Crippen LogP contribution in [0, 0.1) is 5.92 Å². The molecule has 0 saturated carbocycles. The van der Waals surface area contributed by atoms with Crippen molar-refractivity contribution in [1.82, 2.24) is 0 Å². The second-order valence-corrected chi connectivity index (χ2v) is 6.85. The van der Waals surface area contributed by atoms with Gasteiger partial charge >= 0.3 is 0 Å². The fraction of sp³-hybridized carbons (Fsp3) is 0.462. The summed E-state index contributed by atoms with van der Waals surface area (Å²) < 4.78 is 0.910. The van der Waals surface area contributed by atoms with Crippen LogP contribution in [-0.4, -0.2) is 17.3 Å². The molecule has 1 aromatic rings. The zero-order valence-electron chi connectivity index (χ0n) is 9.42. The van der Waals surface area contributed by atoms with E-state index in [0.29, 0.717) is 22.9 Å². The molecule has 1 saturated heterocycles. The van der Waals surface area contributed by atoms with Crippen LogP contribution in [0.3, 0.4) is 0 Å². The first-order valence-corrected chi connectivity index (χ1v) is 8.05. The molecule has 0 aliphatic carbocycles. The monoisotopic (exact) mass is 332 g/mol. The van der Waals surface area contributed by atoms with E-state index in [1.807, 2.05) is 23.9 Å². The molecule has 4 heteroatoms. The standard InChI is InChI=1S/C13H14BrClOS/c14-10-1-2-11(12(15)8-10)13(16)7-9-3-5-17-6-4-9/h1-2,8-9H,3-7H2. The molecule has 1 aliphatic rings. The van der Waals surface area contributed by atoms with Crippen molar-refractivity contribution in [2.24, 2.45) is 5.92 Å². The van der Waals surface area contributed by atoms with Gasteiger partial charge in [0.15, 0.2) is 5.78 Å². The lowest BCUT2D eigenvalue weighted by atomic mass is 9.93. The molecule has 0 radical (unpaired) electrons. The third kappa shape index (κ3) is 3.73. The summed E-state index contributed by atoms with van der Waals surface area (Å²) in [6.07, 6.45) is 2.96. The van der Waals surface area contributed by atoms with Crippen LogP contribution < -0.4 is 0 Å². The number of carbonyl (C=O) groups is 1. The van der Waals surface area contributed by atoms with Crippen molar-refractivity contribution in [3.63, 3.8) is 0 Å². The van der Waals surface area contributed by atoms with Crippen LogP contribution in [0.15, 0.2) is 22.7 Å². The Hall–Kier alpha value is 0.01000. The van der Waals surface area contributed by atoms with Crippen LogP contribution >= 0.6 is 39.3 Å². The van der Waals surface area contributed by atoms with E-state index in [9.17, 15) is 4.79 Å². The van der Waals surface area contributed by atoms with E-state index in [1.54, 1.807) is 6.07 Å². The van der Waals surface area contributed by atoms with Crippen molar-refractivity contribution >= 4 is 45.1 Å². The highest BCUT2D eigenvalue weighted by atomic mass is 79.9. The third-order valence-electron chi connectivity index (χ3n) is 3.05. The van der Waals surface area contributed by atoms with Gasteiger partial charge in [-0.05, 0) is 48.5 Å². The minimum atomic E-state index is 0.180. The molecule has 0 spiro atoms. The van der Waals surface area contributed by atoms with Gasteiger partial charge in [-0.3, -0.25) is 4.79 Å². The van der Waals surface area contributed by atoms with E-state index in [4.69, 9.17) is 11.6 Å². The molecular formula is C13H14BrClOS. The maximum Gasteiger partial charge on any atom is 0.164 e. The van der Waals surface area contributed by atoms with Crippen molar-refractivity contribution in [1.29, 1.82) is 0 Å². The van der Waals surface area contributed by atoms with Crippen LogP contribution in [-0.2, 0) is 0 Å². The van der Waals surface area contributed by atoms with Gasteiger partial charge in [0.25, 0.3) is 0 Å². The first-order chi connectivity index (χ1) is 8.16. The number of hydrogen-bond donors (Lipinski definition) is 0. The second-order valence-electron chi connectivity index (χ2n) is 4.31. The minimum Gasteiger partial charge on any atom is -0.294 e. The Morgan fingerprint density at radius 2 is 2.12 bits per heavy atom. The number of thioether (sulfide) groups is 1. The molecule has 2 rings (SSSR count).